The van der Waals surface area contributed by atoms with Crippen LogP contribution in [0.15, 0.2) is 48.5 Å². The Bertz CT molecular complexity index is 1080. The lowest BCUT2D eigenvalue weighted by Crippen LogP contribution is -2.63. The fraction of sp³-hybridized carbons (Fsp3) is 0.481. The molecule has 2 aromatic carbocycles. The lowest BCUT2D eigenvalue weighted by Gasteiger charge is -2.53. The van der Waals surface area contributed by atoms with Crippen molar-refractivity contribution in [2.24, 2.45) is 0 Å². The van der Waals surface area contributed by atoms with Crippen LogP contribution in [0, 0.1) is 0 Å². The average molecular weight is 464 g/mol. The summed E-state index contributed by atoms with van der Waals surface area (Å²) in [6.45, 7) is 8.95. The van der Waals surface area contributed by atoms with Crippen LogP contribution in [0.1, 0.15) is 58.0 Å². The molecule has 1 aromatic heterocycles. The van der Waals surface area contributed by atoms with Gasteiger partial charge in [-0.25, -0.2) is 9.78 Å². The van der Waals surface area contributed by atoms with Crippen molar-refractivity contribution >= 4 is 17.1 Å². The first-order chi connectivity index (χ1) is 16.1. The van der Waals surface area contributed by atoms with Crippen LogP contribution in [-0.4, -0.2) is 52.2 Å². The zero-order valence-electron chi connectivity index (χ0n) is 21.1. The number of aromatic nitrogens is 2. The lowest BCUT2D eigenvalue weighted by atomic mass is 9.77. The van der Waals surface area contributed by atoms with Gasteiger partial charge in [-0.3, -0.25) is 4.90 Å². The minimum Gasteiger partial charge on any atom is -0.497 e. The second-order valence-corrected chi connectivity index (χ2v) is 10.7. The summed E-state index contributed by atoms with van der Waals surface area (Å²) in [7, 11) is 3.83. The second-order valence-electron chi connectivity index (χ2n) is 10.7. The van der Waals surface area contributed by atoms with Crippen molar-refractivity contribution in [3.05, 3.63) is 59.9 Å². The first kappa shape index (κ1) is 24.1. The molecular weight excluding hydrogens is 426 g/mol. The summed E-state index contributed by atoms with van der Waals surface area (Å²) in [6, 6.07) is 15.5. The number of ether oxygens (including phenoxy) is 1. The number of carbonyl (C=O) groups excluding carboxylic acids is 1. The van der Waals surface area contributed by atoms with E-state index in [9.17, 15) is 4.79 Å². The van der Waals surface area contributed by atoms with Crippen molar-refractivity contribution in [1.82, 2.24) is 25.5 Å². The average Bonchev–Trinajstić information content (AvgIpc) is 3.21. The third-order valence-electron chi connectivity index (χ3n) is 7.29. The molecule has 2 amide bonds. The number of carbonyl (C=O) groups is 1. The molecular formula is C27H37N5O2. The maximum Gasteiger partial charge on any atom is 0.315 e. The first-order valence-electron chi connectivity index (χ1n) is 12.0. The lowest BCUT2D eigenvalue weighted by molar-refractivity contribution is -0.0158. The van der Waals surface area contributed by atoms with Crippen molar-refractivity contribution in [3.63, 3.8) is 0 Å². The molecule has 1 atom stereocenters. The predicted octanol–water partition coefficient (Wildman–Crippen LogP) is 4.81. The van der Waals surface area contributed by atoms with Gasteiger partial charge in [-0.15, -0.1) is 0 Å². The summed E-state index contributed by atoms with van der Waals surface area (Å²) >= 11 is 0. The van der Waals surface area contributed by atoms with E-state index in [0.29, 0.717) is 6.42 Å². The molecule has 1 fully saturated rings. The number of urea groups is 1. The van der Waals surface area contributed by atoms with Gasteiger partial charge in [-0.2, -0.15) is 0 Å². The Balaban J connectivity index is 1.53. The van der Waals surface area contributed by atoms with E-state index in [1.807, 2.05) is 48.5 Å². The van der Waals surface area contributed by atoms with Crippen LogP contribution in [-0.2, 0) is 6.42 Å². The largest absolute Gasteiger partial charge is 0.497 e. The summed E-state index contributed by atoms with van der Waals surface area (Å²) in [6.07, 6.45) is 2.41. The number of aromatic amines is 1. The number of piperidine rings is 1. The van der Waals surface area contributed by atoms with Gasteiger partial charge < -0.3 is 20.4 Å². The number of hydrogen-bond acceptors (Lipinski definition) is 4. The number of nitrogens with zero attached hydrogens (tertiary/aromatic N) is 2. The van der Waals surface area contributed by atoms with Gasteiger partial charge in [-0.1, -0.05) is 24.3 Å². The summed E-state index contributed by atoms with van der Waals surface area (Å²) in [5.74, 6) is 1.55. The van der Waals surface area contributed by atoms with Gasteiger partial charge in [0.1, 0.15) is 11.6 Å². The topological polar surface area (TPSA) is 82.3 Å². The van der Waals surface area contributed by atoms with E-state index in [1.54, 1.807) is 7.11 Å². The Kier molecular flexibility index (Phi) is 6.58. The Labute approximate surface area is 202 Å². The van der Waals surface area contributed by atoms with E-state index in [0.717, 1.165) is 41.0 Å². The number of nitrogens with one attached hydrogen (secondary N) is 3. The molecule has 0 saturated carbocycles. The monoisotopic (exact) mass is 463 g/mol. The summed E-state index contributed by atoms with van der Waals surface area (Å²) in [5.41, 5.74) is 2.94. The number of hydrogen-bond donors (Lipinski definition) is 3. The Morgan fingerprint density at radius 2 is 1.76 bits per heavy atom. The maximum atomic E-state index is 13.2. The number of likely N-dealkylation sites (tertiary alicyclic amines) is 1. The van der Waals surface area contributed by atoms with Gasteiger partial charge in [0.2, 0.25) is 0 Å². The third-order valence-corrected chi connectivity index (χ3v) is 7.29. The highest BCUT2D eigenvalue weighted by Crippen LogP contribution is 2.36. The number of amides is 2. The van der Waals surface area contributed by atoms with E-state index >= 15 is 0 Å². The second kappa shape index (κ2) is 9.29. The van der Waals surface area contributed by atoms with Crippen LogP contribution in [0.4, 0.5) is 4.79 Å². The molecule has 3 N–H and O–H groups in total. The first-order valence-corrected chi connectivity index (χ1v) is 12.0. The molecule has 0 bridgehead atoms. The Hall–Kier alpha value is -3.06. The molecule has 182 valence electrons. The zero-order valence-corrected chi connectivity index (χ0v) is 21.1. The van der Waals surface area contributed by atoms with Gasteiger partial charge in [0, 0.05) is 17.1 Å². The fourth-order valence-corrected chi connectivity index (χ4v) is 5.21. The fourth-order valence-electron chi connectivity index (χ4n) is 5.21. The molecule has 3 aromatic rings. The van der Waals surface area contributed by atoms with Gasteiger partial charge in [0.05, 0.1) is 24.2 Å². The molecule has 34 heavy (non-hydrogen) atoms. The highest BCUT2D eigenvalue weighted by atomic mass is 16.5. The normalized spacial score (nSPS) is 19.0. The molecule has 1 saturated heterocycles. The van der Waals surface area contributed by atoms with Crippen molar-refractivity contribution in [2.45, 2.75) is 70.1 Å². The van der Waals surface area contributed by atoms with Crippen LogP contribution in [0.3, 0.4) is 0 Å². The molecule has 1 unspecified atom stereocenters. The quantitative estimate of drug-likeness (QED) is 0.490. The summed E-state index contributed by atoms with van der Waals surface area (Å²) in [5, 5.41) is 6.45. The number of rotatable bonds is 6. The molecule has 7 heteroatoms. The van der Waals surface area contributed by atoms with Crippen molar-refractivity contribution in [2.75, 3.05) is 14.2 Å². The van der Waals surface area contributed by atoms with Crippen molar-refractivity contribution in [3.8, 4) is 5.75 Å². The summed E-state index contributed by atoms with van der Waals surface area (Å²) < 4.78 is 5.29. The summed E-state index contributed by atoms with van der Waals surface area (Å²) in [4.78, 5) is 23.8. The predicted molar refractivity (Wildman–Crippen MR) is 136 cm³/mol. The minimum atomic E-state index is -0.298. The van der Waals surface area contributed by atoms with Gasteiger partial charge in [0.15, 0.2) is 0 Å². The minimum absolute atomic E-state index is 0.000921. The van der Waals surface area contributed by atoms with Crippen LogP contribution >= 0.6 is 0 Å². The number of benzene rings is 2. The highest BCUT2D eigenvalue weighted by Gasteiger charge is 2.43. The molecule has 0 spiro atoms. The smallest absolute Gasteiger partial charge is 0.315 e. The van der Waals surface area contributed by atoms with Crippen LogP contribution < -0.4 is 15.4 Å². The number of methoxy groups -OCH3 is 1. The maximum absolute atomic E-state index is 13.2. The van der Waals surface area contributed by atoms with Crippen molar-refractivity contribution < 1.29 is 9.53 Å². The van der Waals surface area contributed by atoms with Gasteiger partial charge in [-0.05, 0) is 83.8 Å². The number of imidazole rings is 1. The molecule has 0 radical (unpaired) electrons. The van der Waals surface area contributed by atoms with E-state index < -0.39 is 0 Å². The van der Waals surface area contributed by atoms with E-state index in [-0.39, 0.29) is 29.2 Å². The molecule has 0 aliphatic carbocycles. The highest BCUT2D eigenvalue weighted by molar-refractivity contribution is 5.76. The third kappa shape index (κ3) is 5.20. The number of para-hydroxylation sites is 2. The number of fused-ring (bicyclic) bond motifs is 1. The zero-order chi connectivity index (χ0) is 24.5. The van der Waals surface area contributed by atoms with Gasteiger partial charge >= 0.3 is 6.03 Å². The number of H-pyrrole nitrogens is 1. The van der Waals surface area contributed by atoms with E-state index in [4.69, 9.17) is 9.72 Å². The molecule has 2 heterocycles. The Morgan fingerprint density at radius 3 is 2.38 bits per heavy atom. The van der Waals surface area contributed by atoms with Crippen molar-refractivity contribution in [1.29, 1.82) is 0 Å². The van der Waals surface area contributed by atoms with E-state index in [1.165, 1.54) is 0 Å². The van der Waals surface area contributed by atoms with E-state index in [2.05, 4.69) is 55.3 Å². The van der Waals surface area contributed by atoms with Crippen LogP contribution in [0.25, 0.3) is 11.0 Å². The Morgan fingerprint density at radius 1 is 1.12 bits per heavy atom. The van der Waals surface area contributed by atoms with Gasteiger partial charge in [0.25, 0.3) is 0 Å². The molecule has 7 nitrogen and oxygen atoms in total. The molecule has 1 aliphatic rings. The standard InChI is InChI=1S/C27H37N5O2/c1-26(2)16-19(17-27(3,4)32(26)5)28-25(33)31-23(15-18-11-13-20(34-6)14-12-18)24-29-21-9-7-8-10-22(21)30-24/h7-14,19,23H,15-17H2,1-6H3,(H,29,30)(H2,28,31,33). The molecule has 1 aliphatic heterocycles. The molecule has 4 rings (SSSR count). The SMILES string of the molecule is COc1ccc(CC(NC(=O)NC2CC(C)(C)N(C)C(C)(C)C2)c2nc3ccccc3[nH]2)cc1. The van der Waals surface area contributed by atoms with Crippen LogP contribution in [0.5, 0.6) is 5.75 Å². The van der Waals surface area contributed by atoms with Crippen LogP contribution in [0.2, 0.25) is 0 Å².